The number of carbonyl (C=O) groups excluding carboxylic acids is 1. The smallest absolute Gasteiger partial charge is 0.272 e. The van der Waals surface area contributed by atoms with Gasteiger partial charge in [-0.05, 0) is 42.5 Å². The van der Waals surface area contributed by atoms with Gasteiger partial charge in [0, 0.05) is 13.1 Å². The summed E-state index contributed by atoms with van der Waals surface area (Å²) in [6.07, 6.45) is 0. The van der Waals surface area contributed by atoms with Gasteiger partial charge < -0.3 is 5.32 Å². The number of aromatic nitrogens is 2. The van der Waals surface area contributed by atoms with E-state index in [-0.39, 0.29) is 23.0 Å². The third-order valence-corrected chi connectivity index (χ3v) is 5.76. The highest BCUT2D eigenvalue weighted by molar-refractivity contribution is 7.99. The molecule has 0 unspecified atom stereocenters. The van der Waals surface area contributed by atoms with Crippen molar-refractivity contribution in [3.8, 4) is 0 Å². The van der Waals surface area contributed by atoms with Crippen molar-refractivity contribution >= 4 is 39.2 Å². The molecule has 3 rings (SSSR count). The second-order valence-electron chi connectivity index (χ2n) is 5.73. The van der Waals surface area contributed by atoms with Crippen LogP contribution in [0, 0.1) is 12.7 Å². The lowest BCUT2D eigenvalue weighted by Crippen LogP contribution is -2.26. The molecule has 0 saturated heterocycles. The Morgan fingerprint density at radius 3 is 2.92 bits per heavy atom. The molecule has 1 amide bonds. The molecule has 0 saturated carbocycles. The van der Waals surface area contributed by atoms with E-state index in [1.165, 1.54) is 29.2 Å². The number of nitrogens with one attached hydrogen (secondary N) is 1. The zero-order valence-electron chi connectivity index (χ0n) is 14.4. The van der Waals surface area contributed by atoms with E-state index in [1.807, 2.05) is 18.4 Å². The maximum absolute atomic E-state index is 13.3. The maximum Gasteiger partial charge on any atom is 0.272 e. The van der Waals surface area contributed by atoms with Crippen LogP contribution in [0.4, 0.5) is 4.39 Å². The normalized spacial score (nSPS) is 11.0. The van der Waals surface area contributed by atoms with Gasteiger partial charge in [-0.15, -0.1) is 11.3 Å². The Hall–Kier alpha value is -2.19. The van der Waals surface area contributed by atoms with Gasteiger partial charge in [0.2, 0.25) is 5.91 Å². The average molecular weight is 391 g/mol. The molecule has 2 heterocycles. The lowest BCUT2D eigenvalue weighted by molar-refractivity contribution is -0.118. The number of benzene rings is 1. The lowest BCUT2D eigenvalue weighted by atomic mass is 10.1. The summed E-state index contributed by atoms with van der Waals surface area (Å²) in [5.74, 6) is -0.273. The van der Waals surface area contributed by atoms with Crippen LogP contribution in [0.2, 0.25) is 0 Å². The van der Waals surface area contributed by atoms with E-state index in [2.05, 4.69) is 10.3 Å². The molecular formula is C18H18FN3O2S2. The van der Waals surface area contributed by atoms with Gasteiger partial charge >= 0.3 is 0 Å². The minimum Gasteiger partial charge on any atom is -0.351 e. The molecule has 136 valence electrons. The molecule has 1 aromatic carbocycles. The second-order valence-corrected chi connectivity index (χ2v) is 7.59. The van der Waals surface area contributed by atoms with Crippen molar-refractivity contribution in [1.29, 1.82) is 0 Å². The first-order valence-electron chi connectivity index (χ1n) is 8.12. The van der Waals surface area contributed by atoms with Crippen molar-refractivity contribution in [2.45, 2.75) is 32.1 Å². The maximum atomic E-state index is 13.3. The summed E-state index contributed by atoms with van der Waals surface area (Å²) < 4.78 is 15.5. The van der Waals surface area contributed by atoms with E-state index >= 15 is 0 Å². The number of halogens is 1. The number of rotatable bonds is 6. The molecular weight excluding hydrogens is 373 g/mol. The Balaban J connectivity index is 1.65. The molecule has 1 N–H and O–H groups in total. The summed E-state index contributed by atoms with van der Waals surface area (Å²) >= 11 is 2.61. The largest absolute Gasteiger partial charge is 0.351 e. The molecule has 0 aliphatic heterocycles. The van der Waals surface area contributed by atoms with Gasteiger partial charge in [0.05, 0.1) is 11.3 Å². The summed E-state index contributed by atoms with van der Waals surface area (Å²) in [6, 6.07) is 6.56. The first kappa shape index (κ1) is 18.6. The number of thioether (sulfide) groups is 1. The fraction of sp³-hybridized carbons (Fsp3) is 0.278. The van der Waals surface area contributed by atoms with Gasteiger partial charge in [-0.3, -0.25) is 14.2 Å². The molecule has 26 heavy (non-hydrogen) atoms. The first-order valence-corrected chi connectivity index (χ1v) is 9.98. The van der Waals surface area contributed by atoms with Gasteiger partial charge in [0.1, 0.15) is 10.5 Å². The number of fused-ring (bicyclic) bond motifs is 1. The first-order chi connectivity index (χ1) is 12.5. The zero-order valence-corrected chi connectivity index (χ0v) is 16.0. The van der Waals surface area contributed by atoms with Crippen LogP contribution in [-0.4, -0.2) is 21.2 Å². The molecule has 0 spiro atoms. The van der Waals surface area contributed by atoms with Crippen LogP contribution < -0.4 is 10.9 Å². The fourth-order valence-electron chi connectivity index (χ4n) is 2.51. The molecule has 8 heteroatoms. The number of thiophene rings is 1. The third kappa shape index (κ3) is 3.96. The minimum absolute atomic E-state index is 0.0720. The summed E-state index contributed by atoms with van der Waals surface area (Å²) in [7, 11) is 0. The molecule has 5 nitrogen and oxygen atoms in total. The SMILES string of the molecule is CCn1c(SCC(=O)NCc2ccc(F)c(C)c2)nc2ccsc2c1=O. The predicted molar refractivity (Wildman–Crippen MR) is 103 cm³/mol. The highest BCUT2D eigenvalue weighted by atomic mass is 32.2. The van der Waals surface area contributed by atoms with E-state index in [0.717, 1.165) is 5.56 Å². The summed E-state index contributed by atoms with van der Waals surface area (Å²) in [4.78, 5) is 29.1. The number of carbonyl (C=O) groups is 1. The van der Waals surface area contributed by atoms with Crippen molar-refractivity contribution in [2.75, 3.05) is 5.75 Å². The molecule has 3 aromatic rings. The average Bonchev–Trinajstić information content (AvgIpc) is 3.10. The lowest BCUT2D eigenvalue weighted by Gasteiger charge is -2.10. The molecule has 0 atom stereocenters. The molecule has 0 bridgehead atoms. The van der Waals surface area contributed by atoms with E-state index in [4.69, 9.17) is 0 Å². The second kappa shape index (κ2) is 8.01. The van der Waals surface area contributed by atoms with Gasteiger partial charge in [-0.2, -0.15) is 0 Å². The van der Waals surface area contributed by atoms with Crippen LogP contribution in [0.1, 0.15) is 18.1 Å². The topological polar surface area (TPSA) is 64.0 Å². The third-order valence-electron chi connectivity index (χ3n) is 3.89. The fourth-order valence-corrected chi connectivity index (χ4v) is 4.18. The molecule has 0 fully saturated rings. The molecule has 2 aromatic heterocycles. The summed E-state index contributed by atoms with van der Waals surface area (Å²) in [6.45, 7) is 4.40. The van der Waals surface area contributed by atoms with Crippen LogP contribution in [0.5, 0.6) is 0 Å². The number of hydrogen-bond acceptors (Lipinski definition) is 5. The van der Waals surface area contributed by atoms with E-state index < -0.39 is 0 Å². The van der Waals surface area contributed by atoms with E-state index in [9.17, 15) is 14.0 Å². The van der Waals surface area contributed by atoms with E-state index in [1.54, 1.807) is 23.6 Å². The van der Waals surface area contributed by atoms with Gasteiger partial charge in [0.15, 0.2) is 5.16 Å². The predicted octanol–water partition coefficient (Wildman–Crippen LogP) is 3.33. The van der Waals surface area contributed by atoms with E-state index in [0.29, 0.717) is 34.0 Å². The number of nitrogens with zero attached hydrogens (tertiary/aromatic N) is 2. The van der Waals surface area contributed by atoms with Crippen LogP contribution in [0.3, 0.4) is 0 Å². The number of amides is 1. The van der Waals surface area contributed by atoms with Gasteiger partial charge in [-0.25, -0.2) is 9.37 Å². The molecule has 0 radical (unpaired) electrons. The highest BCUT2D eigenvalue weighted by Gasteiger charge is 2.13. The monoisotopic (exact) mass is 391 g/mol. The van der Waals surface area contributed by atoms with Crippen molar-refractivity contribution in [3.63, 3.8) is 0 Å². The van der Waals surface area contributed by atoms with Crippen LogP contribution in [-0.2, 0) is 17.9 Å². The Morgan fingerprint density at radius 2 is 2.19 bits per heavy atom. The van der Waals surface area contributed by atoms with Crippen LogP contribution >= 0.6 is 23.1 Å². The minimum atomic E-state index is -0.261. The Kier molecular flexibility index (Phi) is 5.73. The van der Waals surface area contributed by atoms with Gasteiger partial charge in [-0.1, -0.05) is 23.9 Å². The van der Waals surface area contributed by atoms with Crippen molar-refractivity contribution in [2.24, 2.45) is 0 Å². The quantitative estimate of drug-likeness (QED) is 0.517. The van der Waals surface area contributed by atoms with Crippen LogP contribution in [0.25, 0.3) is 10.2 Å². The Labute approximate surface area is 158 Å². The highest BCUT2D eigenvalue weighted by Crippen LogP contribution is 2.20. The van der Waals surface area contributed by atoms with Crippen molar-refractivity contribution in [1.82, 2.24) is 14.9 Å². The van der Waals surface area contributed by atoms with Crippen LogP contribution in [0.15, 0.2) is 39.6 Å². The summed E-state index contributed by atoms with van der Waals surface area (Å²) in [5.41, 5.74) is 1.98. The Morgan fingerprint density at radius 1 is 1.38 bits per heavy atom. The standard InChI is InChI=1S/C18H18FN3O2S2/c1-3-22-17(24)16-14(6-7-25-16)21-18(22)26-10-15(23)20-9-12-4-5-13(19)11(2)8-12/h4-8H,3,9-10H2,1-2H3,(H,20,23). The number of aryl methyl sites for hydroxylation is 1. The van der Waals surface area contributed by atoms with Crippen molar-refractivity contribution < 1.29 is 9.18 Å². The number of hydrogen-bond donors (Lipinski definition) is 1. The zero-order chi connectivity index (χ0) is 18.7. The molecule has 0 aliphatic carbocycles. The Bertz CT molecular complexity index is 1010. The molecule has 0 aliphatic rings. The summed E-state index contributed by atoms with van der Waals surface area (Å²) in [5, 5.41) is 5.18. The van der Waals surface area contributed by atoms with Gasteiger partial charge in [0.25, 0.3) is 5.56 Å². The van der Waals surface area contributed by atoms with Crippen molar-refractivity contribution in [3.05, 3.63) is 56.9 Å².